The molecule has 0 aromatic heterocycles. The van der Waals surface area contributed by atoms with Gasteiger partial charge in [0.1, 0.15) is 0 Å². The van der Waals surface area contributed by atoms with Gasteiger partial charge >= 0.3 is 24.7 Å². The number of alkyl halides is 12. The van der Waals surface area contributed by atoms with Gasteiger partial charge in [-0.2, -0.15) is 52.7 Å². The van der Waals surface area contributed by atoms with Crippen molar-refractivity contribution in [3.63, 3.8) is 0 Å². The Morgan fingerprint density at radius 1 is 0.400 bits per heavy atom. The van der Waals surface area contributed by atoms with E-state index in [9.17, 15) is 52.7 Å². The Bertz CT molecular complexity index is 1070. The molecule has 0 atom stereocenters. The summed E-state index contributed by atoms with van der Waals surface area (Å²) in [4.78, 5) is 3.07. The number of hydrogen-bond donors (Lipinski definition) is 0. The van der Waals surface area contributed by atoms with E-state index < -0.39 is 47.0 Å². The summed E-state index contributed by atoms with van der Waals surface area (Å²) in [7, 11) is 0. The molecule has 1 saturated heterocycles. The summed E-state index contributed by atoms with van der Waals surface area (Å²) in [6, 6.07) is 2.62. The fourth-order valence-electron chi connectivity index (χ4n) is 4.48. The topological polar surface area (TPSA) is 34.2 Å². The predicted octanol–water partition coefficient (Wildman–Crippen LogP) is 7.13. The average molecular weight is 671 g/mol. The second kappa shape index (κ2) is 15.3. The van der Waals surface area contributed by atoms with Crippen LogP contribution >= 0.6 is 0 Å². The Labute approximate surface area is 250 Å². The van der Waals surface area contributed by atoms with Crippen molar-refractivity contribution in [2.45, 2.75) is 37.8 Å². The zero-order chi connectivity index (χ0) is 33.5. The maximum absolute atomic E-state index is 13.3. The fourth-order valence-corrected chi connectivity index (χ4v) is 4.48. The summed E-state index contributed by atoms with van der Waals surface area (Å²) in [5.41, 5.74) is -6.25. The predicted molar refractivity (Wildman–Crippen MR) is 136 cm³/mol. The number of rotatable bonds is 4. The van der Waals surface area contributed by atoms with Crippen LogP contribution < -0.4 is 0 Å². The average Bonchev–Trinajstić information content (AvgIpc) is 2.92. The van der Waals surface area contributed by atoms with Gasteiger partial charge in [0.2, 0.25) is 0 Å². The number of hydrogen-bond acceptors (Lipinski definition) is 5. The summed E-state index contributed by atoms with van der Waals surface area (Å²) in [6.45, 7) is 0.0420. The molecule has 0 N–H and O–H groups in total. The minimum absolute atomic E-state index is 0.0305. The molecule has 0 bridgehead atoms. The van der Waals surface area contributed by atoms with Gasteiger partial charge in [-0.25, -0.2) is 0 Å². The van der Waals surface area contributed by atoms with E-state index in [4.69, 9.17) is 14.2 Å². The number of halogens is 12. The summed E-state index contributed by atoms with van der Waals surface area (Å²) < 4.78 is 176. The van der Waals surface area contributed by atoms with Crippen LogP contribution in [0.15, 0.2) is 36.4 Å². The van der Waals surface area contributed by atoms with Gasteiger partial charge in [0, 0.05) is 39.3 Å². The normalized spacial score (nSPS) is 18.4. The lowest BCUT2D eigenvalue weighted by atomic mass is 10.0. The molecular formula is C28H30F12N2O3. The summed E-state index contributed by atoms with van der Waals surface area (Å²) >= 11 is 0. The third-order valence-electron chi connectivity index (χ3n) is 6.69. The molecule has 254 valence electrons. The van der Waals surface area contributed by atoms with E-state index in [1.165, 1.54) is 9.80 Å². The van der Waals surface area contributed by atoms with Gasteiger partial charge in [0.15, 0.2) is 0 Å². The summed E-state index contributed by atoms with van der Waals surface area (Å²) in [6.07, 6.45) is -20.0. The first-order valence-electron chi connectivity index (χ1n) is 13.6. The highest BCUT2D eigenvalue weighted by atomic mass is 19.4. The second-order valence-corrected chi connectivity index (χ2v) is 10.2. The van der Waals surface area contributed by atoms with Crippen molar-refractivity contribution >= 4 is 0 Å². The Kier molecular flexibility index (Phi) is 12.6. The Morgan fingerprint density at radius 3 is 0.889 bits per heavy atom. The zero-order valence-corrected chi connectivity index (χ0v) is 23.6. The van der Waals surface area contributed by atoms with Crippen LogP contribution in [-0.4, -0.2) is 75.6 Å². The molecule has 0 radical (unpaired) electrons. The molecule has 0 aliphatic carbocycles. The highest BCUT2D eigenvalue weighted by Crippen LogP contribution is 2.38. The van der Waals surface area contributed by atoms with Crippen molar-refractivity contribution in [2.24, 2.45) is 0 Å². The molecule has 45 heavy (non-hydrogen) atoms. The highest BCUT2D eigenvalue weighted by molar-refractivity contribution is 5.34. The Hall–Kier alpha value is -2.60. The van der Waals surface area contributed by atoms with Gasteiger partial charge in [0.05, 0.1) is 61.9 Å². The highest BCUT2D eigenvalue weighted by Gasteiger charge is 2.38. The third-order valence-corrected chi connectivity index (χ3v) is 6.69. The van der Waals surface area contributed by atoms with Crippen molar-refractivity contribution in [3.8, 4) is 0 Å². The van der Waals surface area contributed by atoms with E-state index in [0.29, 0.717) is 24.3 Å². The van der Waals surface area contributed by atoms with Crippen LogP contribution in [0.2, 0.25) is 0 Å². The molecule has 2 aromatic rings. The van der Waals surface area contributed by atoms with Gasteiger partial charge in [0.25, 0.3) is 0 Å². The van der Waals surface area contributed by atoms with Gasteiger partial charge < -0.3 is 14.2 Å². The lowest BCUT2D eigenvalue weighted by Gasteiger charge is -2.25. The molecule has 1 fully saturated rings. The minimum atomic E-state index is -5.01. The molecule has 5 nitrogen and oxygen atoms in total. The quantitative estimate of drug-likeness (QED) is 0.324. The largest absolute Gasteiger partial charge is 0.416 e. The van der Waals surface area contributed by atoms with E-state index in [1.807, 2.05) is 0 Å². The lowest BCUT2D eigenvalue weighted by molar-refractivity contribution is -0.144. The smallest absolute Gasteiger partial charge is 0.379 e. The van der Waals surface area contributed by atoms with E-state index in [2.05, 4.69) is 0 Å². The van der Waals surface area contributed by atoms with Crippen molar-refractivity contribution in [1.82, 2.24) is 9.80 Å². The van der Waals surface area contributed by atoms with Crippen molar-refractivity contribution in [3.05, 3.63) is 69.8 Å². The Balaban J connectivity index is 1.71. The molecule has 17 heteroatoms. The van der Waals surface area contributed by atoms with Crippen LogP contribution in [-0.2, 0) is 52.0 Å². The van der Waals surface area contributed by atoms with Crippen LogP contribution in [0.5, 0.6) is 0 Å². The molecule has 2 aromatic carbocycles. The lowest BCUT2D eigenvalue weighted by Crippen LogP contribution is -2.33. The monoisotopic (exact) mass is 670 g/mol. The third kappa shape index (κ3) is 12.3. The van der Waals surface area contributed by atoms with Crippen LogP contribution in [0.3, 0.4) is 0 Å². The van der Waals surface area contributed by atoms with Crippen LogP contribution in [0.4, 0.5) is 52.7 Å². The molecule has 0 spiro atoms. The molecule has 0 unspecified atom stereocenters. The van der Waals surface area contributed by atoms with Crippen LogP contribution in [0.1, 0.15) is 33.4 Å². The molecule has 3 rings (SSSR count). The molecule has 1 heterocycles. The Morgan fingerprint density at radius 2 is 0.644 bits per heavy atom. The zero-order valence-electron chi connectivity index (χ0n) is 23.6. The minimum Gasteiger partial charge on any atom is -0.379 e. The SMILES string of the molecule is FC(F)(F)c1cc(CN2CCOCCOCCN(Cc3cc(C(F)(F)F)cc(C(F)(F)F)c3)CCOCC2)cc(C(F)(F)F)c1. The molecule has 1 aliphatic rings. The summed E-state index contributed by atoms with van der Waals surface area (Å²) in [5, 5.41) is 0. The van der Waals surface area contributed by atoms with Crippen molar-refractivity contribution in [1.29, 1.82) is 0 Å². The van der Waals surface area contributed by atoms with E-state index in [0.717, 1.165) is 0 Å². The van der Waals surface area contributed by atoms with Gasteiger partial charge in [-0.15, -0.1) is 0 Å². The first-order chi connectivity index (χ1) is 20.8. The van der Waals surface area contributed by atoms with E-state index in [-0.39, 0.29) is 102 Å². The fraction of sp³-hybridized carbons (Fsp3) is 0.571. The summed E-state index contributed by atoms with van der Waals surface area (Å²) in [5.74, 6) is 0. The van der Waals surface area contributed by atoms with E-state index >= 15 is 0 Å². The van der Waals surface area contributed by atoms with E-state index in [1.54, 1.807) is 0 Å². The molecule has 0 amide bonds. The van der Waals surface area contributed by atoms with Gasteiger partial charge in [-0.3, -0.25) is 9.80 Å². The second-order valence-electron chi connectivity index (χ2n) is 10.2. The van der Waals surface area contributed by atoms with Gasteiger partial charge in [-0.05, 0) is 47.5 Å². The number of ether oxygens (including phenoxy) is 3. The number of benzene rings is 2. The maximum Gasteiger partial charge on any atom is 0.416 e. The molecular weight excluding hydrogens is 640 g/mol. The van der Waals surface area contributed by atoms with Crippen molar-refractivity contribution in [2.75, 3.05) is 65.8 Å². The van der Waals surface area contributed by atoms with Crippen LogP contribution in [0, 0.1) is 0 Å². The molecule has 0 saturated carbocycles. The molecule has 1 aliphatic heterocycles. The number of nitrogens with zero attached hydrogens (tertiary/aromatic N) is 2. The maximum atomic E-state index is 13.3. The van der Waals surface area contributed by atoms with Gasteiger partial charge in [-0.1, -0.05) is 0 Å². The van der Waals surface area contributed by atoms with Crippen molar-refractivity contribution < 1.29 is 66.9 Å². The standard InChI is InChI=1S/C28H30F12N2O3/c29-25(30,31)21-11-19(12-22(15-21)26(32,33)34)17-41-1-5-43-6-2-42(4-8-45-10-9-44-7-3-41)18-20-13-23(27(35,36)37)16-24(14-20)28(38,39)40/h11-16H,1-10,17-18H2. The van der Waals surface area contributed by atoms with Crippen LogP contribution in [0.25, 0.3) is 0 Å². The first-order valence-corrected chi connectivity index (χ1v) is 13.6. The first kappa shape index (κ1) is 36.9.